The molecule has 17 heavy (non-hydrogen) atoms. The van der Waals surface area contributed by atoms with E-state index in [0.29, 0.717) is 4.88 Å². The number of hydrogen-bond acceptors (Lipinski definition) is 4. The summed E-state index contributed by atoms with van der Waals surface area (Å²) in [5, 5.41) is 12.6. The van der Waals surface area contributed by atoms with Crippen molar-refractivity contribution in [3.8, 4) is 0 Å². The zero-order chi connectivity index (χ0) is 12.6. The molecule has 1 aliphatic carbocycles. The summed E-state index contributed by atoms with van der Waals surface area (Å²) in [5.74, 6) is -1.29. The molecule has 0 radical (unpaired) electrons. The maximum Gasteiger partial charge on any atom is 0.329 e. The predicted molar refractivity (Wildman–Crippen MR) is 63.1 cm³/mol. The Balaban J connectivity index is 2.14. The monoisotopic (exact) mass is 254 g/mol. The van der Waals surface area contributed by atoms with E-state index in [4.69, 9.17) is 0 Å². The molecule has 2 N–H and O–H groups in total. The van der Waals surface area contributed by atoms with Crippen molar-refractivity contribution >= 4 is 23.2 Å². The summed E-state index contributed by atoms with van der Waals surface area (Å²) in [6.07, 6.45) is 3.18. The van der Waals surface area contributed by atoms with Gasteiger partial charge in [0.1, 0.15) is 10.4 Å². The lowest BCUT2D eigenvalue weighted by Gasteiger charge is -2.25. The van der Waals surface area contributed by atoms with Crippen LogP contribution < -0.4 is 5.32 Å². The molecule has 1 aromatic heterocycles. The summed E-state index contributed by atoms with van der Waals surface area (Å²) in [6.45, 7) is 3.37. The topological polar surface area (TPSA) is 79.3 Å². The third-order valence-electron chi connectivity index (χ3n) is 3.06. The van der Waals surface area contributed by atoms with Gasteiger partial charge in [0.25, 0.3) is 5.91 Å². The Bertz CT molecular complexity index is 467. The normalized spacial score (nSPS) is 18.5. The second-order valence-corrected chi connectivity index (χ2v) is 5.71. The van der Waals surface area contributed by atoms with E-state index in [1.807, 2.05) is 0 Å². The number of hydrogen-bond donors (Lipinski definition) is 2. The molecule has 0 spiro atoms. The zero-order valence-corrected chi connectivity index (χ0v) is 10.5. The van der Waals surface area contributed by atoms with E-state index in [1.165, 1.54) is 17.5 Å². The van der Waals surface area contributed by atoms with Crippen LogP contribution in [0.3, 0.4) is 0 Å². The van der Waals surface area contributed by atoms with Gasteiger partial charge in [0.2, 0.25) is 0 Å². The first-order chi connectivity index (χ1) is 7.93. The van der Waals surface area contributed by atoms with E-state index in [1.54, 1.807) is 13.8 Å². The van der Waals surface area contributed by atoms with E-state index >= 15 is 0 Å². The number of nitrogens with one attached hydrogen (secondary N) is 1. The van der Waals surface area contributed by atoms with Crippen molar-refractivity contribution < 1.29 is 14.7 Å². The number of nitrogens with zero attached hydrogens (tertiary/aromatic N) is 1. The van der Waals surface area contributed by atoms with Gasteiger partial charge in [-0.25, -0.2) is 9.78 Å². The molecule has 0 aliphatic heterocycles. The maximum atomic E-state index is 11.9. The highest BCUT2D eigenvalue weighted by atomic mass is 32.1. The van der Waals surface area contributed by atoms with E-state index in [-0.39, 0.29) is 11.8 Å². The Labute approximate surface area is 103 Å². The van der Waals surface area contributed by atoms with Crippen LogP contribution in [-0.2, 0) is 4.79 Å². The Kier molecular flexibility index (Phi) is 2.91. The van der Waals surface area contributed by atoms with E-state index < -0.39 is 11.5 Å². The molecular formula is C11H14N2O3S. The van der Waals surface area contributed by atoms with Crippen molar-refractivity contribution in [1.82, 2.24) is 10.3 Å². The van der Waals surface area contributed by atoms with Gasteiger partial charge in [0.05, 0.1) is 11.2 Å². The van der Waals surface area contributed by atoms with Crippen LogP contribution in [0.4, 0.5) is 0 Å². The minimum atomic E-state index is -1.16. The average Bonchev–Trinajstić information content (AvgIpc) is 3.01. The van der Waals surface area contributed by atoms with Crippen LogP contribution in [0, 0.1) is 12.8 Å². The van der Waals surface area contributed by atoms with Gasteiger partial charge in [-0.15, -0.1) is 11.3 Å². The standard InChI is InChI=1S/C11H14N2O3S/c1-6-12-5-8(17-6)9(14)13-11(2,10(15)16)7-3-4-7/h5,7H,3-4H2,1-2H3,(H,13,14)(H,15,16). The van der Waals surface area contributed by atoms with Crippen LogP contribution in [0.2, 0.25) is 0 Å². The Morgan fingerprint density at radius 2 is 2.24 bits per heavy atom. The molecule has 92 valence electrons. The largest absolute Gasteiger partial charge is 0.480 e. The molecule has 0 bridgehead atoms. The molecule has 1 aliphatic rings. The zero-order valence-electron chi connectivity index (χ0n) is 9.69. The number of aryl methyl sites for hydroxylation is 1. The van der Waals surface area contributed by atoms with Crippen molar-refractivity contribution in [3.05, 3.63) is 16.1 Å². The quantitative estimate of drug-likeness (QED) is 0.852. The number of carboxylic acids is 1. The summed E-state index contributed by atoms with van der Waals surface area (Å²) in [5.41, 5.74) is -1.16. The molecule has 0 saturated heterocycles. The lowest BCUT2D eigenvalue weighted by molar-refractivity contribution is -0.144. The van der Waals surface area contributed by atoms with Crippen LogP contribution in [0.15, 0.2) is 6.20 Å². The number of aliphatic carboxylic acids is 1. The highest BCUT2D eigenvalue weighted by Gasteiger charge is 2.48. The summed E-state index contributed by atoms with van der Waals surface area (Å²) < 4.78 is 0. The first-order valence-corrected chi connectivity index (χ1v) is 6.23. The molecule has 1 unspecified atom stereocenters. The van der Waals surface area contributed by atoms with Crippen LogP contribution in [-0.4, -0.2) is 27.5 Å². The van der Waals surface area contributed by atoms with Crippen molar-refractivity contribution in [2.45, 2.75) is 32.2 Å². The smallest absolute Gasteiger partial charge is 0.329 e. The summed E-state index contributed by atoms with van der Waals surface area (Å²) in [4.78, 5) is 27.6. The minimum Gasteiger partial charge on any atom is -0.480 e. The molecule has 1 saturated carbocycles. The highest BCUT2D eigenvalue weighted by molar-refractivity contribution is 7.13. The number of carbonyl (C=O) groups excluding carboxylic acids is 1. The van der Waals surface area contributed by atoms with Crippen molar-refractivity contribution in [3.63, 3.8) is 0 Å². The first-order valence-electron chi connectivity index (χ1n) is 5.42. The van der Waals surface area contributed by atoms with Crippen LogP contribution >= 0.6 is 11.3 Å². The van der Waals surface area contributed by atoms with Gasteiger partial charge in [-0.2, -0.15) is 0 Å². The fourth-order valence-electron chi connectivity index (χ4n) is 1.75. The Morgan fingerprint density at radius 1 is 1.59 bits per heavy atom. The average molecular weight is 254 g/mol. The Morgan fingerprint density at radius 3 is 2.65 bits per heavy atom. The van der Waals surface area contributed by atoms with Crippen molar-refractivity contribution in [2.24, 2.45) is 5.92 Å². The third kappa shape index (κ3) is 2.31. The third-order valence-corrected chi connectivity index (χ3v) is 3.97. The summed E-state index contributed by atoms with van der Waals surface area (Å²) in [7, 11) is 0. The van der Waals surface area contributed by atoms with Gasteiger partial charge >= 0.3 is 5.97 Å². The van der Waals surface area contributed by atoms with Crippen molar-refractivity contribution in [2.75, 3.05) is 0 Å². The van der Waals surface area contributed by atoms with Crippen LogP contribution in [0.5, 0.6) is 0 Å². The number of aromatic nitrogens is 1. The van der Waals surface area contributed by atoms with Gasteiger partial charge in [-0.3, -0.25) is 4.79 Å². The second-order valence-electron chi connectivity index (χ2n) is 4.48. The maximum absolute atomic E-state index is 11.9. The predicted octanol–water partition coefficient (Wildman–Crippen LogP) is 1.43. The van der Waals surface area contributed by atoms with E-state index in [9.17, 15) is 14.7 Å². The molecule has 1 fully saturated rings. The lowest BCUT2D eigenvalue weighted by atomic mass is 9.96. The SMILES string of the molecule is Cc1ncc(C(=O)NC(C)(C(=O)O)C2CC2)s1. The molecule has 1 heterocycles. The number of thiazole rings is 1. The fraction of sp³-hybridized carbons (Fsp3) is 0.545. The van der Waals surface area contributed by atoms with Crippen molar-refractivity contribution in [1.29, 1.82) is 0 Å². The van der Waals surface area contributed by atoms with Crippen LogP contribution in [0.1, 0.15) is 34.4 Å². The minimum absolute atomic E-state index is 0.0398. The van der Waals surface area contributed by atoms with Crippen LogP contribution in [0.25, 0.3) is 0 Å². The second kappa shape index (κ2) is 4.10. The Hall–Kier alpha value is -1.43. The van der Waals surface area contributed by atoms with Gasteiger partial charge in [0, 0.05) is 0 Å². The van der Waals surface area contributed by atoms with Gasteiger partial charge in [-0.1, -0.05) is 0 Å². The fourth-order valence-corrected chi connectivity index (χ4v) is 2.43. The molecule has 1 atom stereocenters. The number of rotatable bonds is 4. The molecule has 5 nitrogen and oxygen atoms in total. The summed E-state index contributed by atoms with van der Waals surface area (Å²) in [6, 6.07) is 0. The van der Waals surface area contributed by atoms with E-state index in [0.717, 1.165) is 17.8 Å². The summed E-state index contributed by atoms with van der Waals surface area (Å²) >= 11 is 1.26. The molecule has 0 aromatic carbocycles. The van der Waals surface area contributed by atoms with Gasteiger partial charge in [0.15, 0.2) is 0 Å². The van der Waals surface area contributed by atoms with E-state index in [2.05, 4.69) is 10.3 Å². The highest BCUT2D eigenvalue weighted by Crippen LogP contribution is 2.39. The molecule has 2 rings (SSSR count). The molecular weight excluding hydrogens is 240 g/mol. The number of carbonyl (C=O) groups is 2. The van der Waals surface area contributed by atoms with Gasteiger partial charge < -0.3 is 10.4 Å². The molecule has 1 amide bonds. The first kappa shape index (κ1) is 12.0. The van der Waals surface area contributed by atoms with Gasteiger partial charge in [-0.05, 0) is 32.6 Å². The lowest BCUT2D eigenvalue weighted by Crippen LogP contribution is -2.53. The molecule has 6 heteroatoms. The molecule has 1 aromatic rings. The number of amides is 1. The number of carboxylic acid groups (broad SMARTS) is 1.